The number of carbonyl (C=O) groups is 2. The number of nitrogens with one attached hydrogen (secondary N) is 1. The van der Waals surface area contributed by atoms with Gasteiger partial charge in [0, 0.05) is 19.8 Å². The van der Waals surface area contributed by atoms with E-state index in [0.29, 0.717) is 18.5 Å². The van der Waals surface area contributed by atoms with Gasteiger partial charge >= 0.3 is 5.97 Å². The molecule has 142 valence electrons. The van der Waals surface area contributed by atoms with E-state index in [1.54, 1.807) is 6.07 Å². The predicted molar refractivity (Wildman–Crippen MR) is 98.0 cm³/mol. The number of ether oxygens (including phenoxy) is 1. The lowest BCUT2D eigenvalue weighted by molar-refractivity contribution is -0.157. The summed E-state index contributed by atoms with van der Waals surface area (Å²) in [4.78, 5) is 24.4. The van der Waals surface area contributed by atoms with Crippen LogP contribution in [0.4, 0.5) is 5.69 Å². The van der Waals surface area contributed by atoms with Crippen LogP contribution in [0.25, 0.3) is 0 Å². The monoisotopic (exact) mass is 380 g/mol. The highest BCUT2D eigenvalue weighted by atomic mass is 32.2. The second-order valence-corrected chi connectivity index (χ2v) is 8.52. The lowest BCUT2D eigenvalue weighted by atomic mass is 9.95. The van der Waals surface area contributed by atoms with Crippen molar-refractivity contribution in [2.45, 2.75) is 37.2 Å². The van der Waals surface area contributed by atoms with Gasteiger partial charge in [0.05, 0.1) is 10.8 Å². The van der Waals surface area contributed by atoms with Gasteiger partial charge in [-0.3, -0.25) is 9.59 Å². The Bertz CT molecular complexity index is 802. The van der Waals surface area contributed by atoms with Crippen molar-refractivity contribution < 1.29 is 22.7 Å². The lowest BCUT2D eigenvalue weighted by Crippen LogP contribution is -2.32. The van der Waals surface area contributed by atoms with E-state index in [-0.39, 0.29) is 16.8 Å². The zero-order chi connectivity index (χ0) is 19.3. The quantitative estimate of drug-likeness (QED) is 0.603. The third-order valence-electron chi connectivity index (χ3n) is 4.14. The van der Waals surface area contributed by atoms with Crippen LogP contribution in [0.2, 0.25) is 0 Å². The van der Waals surface area contributed by atoms with Gasteiger partial charge < -0.3 is 10.1 Å². The van der Waals surface area contributed by atoms with Crippen molar-refractivity contribution >= 4 is 27.6 Å². The van der Waals surface area contributed by atoms with E-state index < -0.39 is 22.0 Å². The van der Waals surface area contributed by atoms with Crippen LogP contribution in [-0.4, -0.2) is 44.8 Å². The molecule has 0 saturated heterocycles. The average Bonchev–Trinajstić information content (AvgIpc) is 2.62. The maximum absolute atomic E-state index is 12.3. The number of carbonyl (C=O) groups excluding carboxylic acids is 2. The maximum atomic E-state index is 12.3. The van der Waals surface area contributed by atoms with Crippen LogP contribution >= 0.6 is 0 Å². The number of esters is 1. The highest BCUT2D eigenvalue weighted by Gasteiger charge is 2.25. The highest BCUT2D eigenvalue weighted by Crippen LogP contribution is 2.21. The zero-order valence-electron chi connectivity index (χ0n) is 15.1. The summed E-state index contributed by atoms with van der Waals surface area (Å²) in [7, 11) is -0.733. The standard InChI is InChI=1S/C18H24N2O5S/c1-13(25-18(22)14-8-5-4-6-9-14)17(21)19-15-10-7-11-16(12-15)26(23,24)20(2)3/h4-5,7,10-14H,6,8-9H2,1-3H3,(H,19,21)/t13-,14+/m1/s1. The van der Waals surface area contributed by atoms with Gasteiger partial charge in [0.15, 0.2) is 6.10 Å². The third-order valence-corrected chi connectivity index (χ3v) is 5.96. The van der Waals surface area contributed by atoms with Crippen LogP contribution in [0, 0.1) is 5.92 Å². The molecule has 26 heavy (non-hydrogen) atoms. The molecule has 1 amide bonds. The molecule has 0 bridgehead atoms. The summed E-state index contributed by atoms with van der Waals surface area (Å²) >= 11 is 0. The number of hydrogen-bond donors (Lipinski definition) is 1. The first kappa shape index (κ1) is 20.1. The molecular formula is C18H24N2O5S. The molecular weight excluding hydrogens is 356 g/mol. The summed E-state index contributed by atoms with van der Waals surface area (Å²) in [5, 5.41) is 2.59. The fourth-order valence-electron chi connectivity index (χ4n) is 2.52. The van der Waals surface area contributed by atoms with E-state index in [2.05, 4.69) is 5.32 Å². The molecule has 1 N–H and O–H groups in total. The Morgan fingerprint density at radius 3 is 2.62 bits per heavy atom. The van der Waals surface area contributed by atoms with Crippen molar-refractivity contribution in [3.05, 3.63) is 36.4 Å². The molecule has 0 heterocycles. The second-order valence-electron chi connectivity index (χ2n) is 6.37. The van der Waals surface area contributed by atoms with Crippen LogP contribution in [0.5, 0.6) is 0 Å². The van der Waals surface area contributed by atoms with Gasteiger partial charge in [0.1, 0.15) is 0 Å². The summed E-state index contributed by atoms with van der Waals surface area (Å²) in [6.07, 6.45) is 5.16. The third kappa shape index (κ3) is 4.92. The van der Waals surface area contributed by atoms with E-state index in [1.807, 2.05) is 12.2 Å². The molecule has 0 spiro atoms. The average molecular weight is 380 g/mol. The lowest BCUT2D eigenvalue weighted by Gasteiger charge is -2.20. The number of benzene rings is 1. The van der Waals surface area contributed by atoms with Gasteiger partial charge in [0.2, 0.25) is 10.0 Å². The van der Waals surface area contributed by atoms with Crippen LogP contribution in [-0.2, 0) is 24.3 Å². The molecule has 0 unspecified atom stereocenters. The van der Waals surface area contributed by atoms with Gasteiger partial charge in [-0.1, -0.05) is 18.2 Å². The number of sulfonamides is 1. The molecule has 0 fully saturated rings. The first-order valence-electron chi connectivity index (χ1n) is 8.40. The molecule has 0 radical (unpaired) electrons. The van der Waals surface area contributed by atoms with Gasteiger partial charge in [0.25, 0.3) is 5.91 Å². The van der Waals surface area contributed by atoms with Crippen LogP contribution in [0.3, 0.4) is 0 Å². The largest absolute Gasteiger partial charge is 0.452 e. The molecule has 1 aromatic rings. The summed E-state index contributed by atoms with van der Waals surface area (Å²) in [5.74, 6) is -1.12. The molecule has 7 nitrogen and oxygen atoms in total. The van der Waals surface area contributed by atoms with Crippen molar-refractivity contribution in [1.29, 1.82) is 0 Å². The number of amides is 1. The molecule has 1 aliphatic carbocycles. The minimum Gasteiger partial charge on any atom is -0.452 e. The van der Waals surface area contributed by atoms with Gasteiger partial charge in [-0.2, -0.15) is 0 Å². The smallest absolute Gasteiger partial charge is 0.310 e. The first-order chi connectivity index (χ1) is 12.2. The Hall–Kier alpha value is -2.19. The fourth-order valence-corrected chi connectivity index (χ4v) is 3.47. The number of allylic oxidation sites excluding steroid dienone is 2. The van der Waals surface area contributed by atoms with Crippen molar-refractivity contribution in [3.8, 4) is 0 Å². The van der Waals surface area contributed by atoms with Gasteiger partial charge in [-0.15, -0.1) is 0 Å². The van der Waals surface area contributed by atoms with E-state index in [9.17, 15) is 18.0 Å². The summed E-state index contributed by atoms with van der Waals surface area (Å²) < 4.78 is 30.7. The molecule has 2 atom stereocenters. The Labute approximate surface area is 154 Å². The Kier molecular flexibility index (Phi) is 6.55. The Balaban J connectivity index is 2.00. The number of anilines is 1. The summed E-state index contributed by atoms with van der Waals surface area (Å²) in [5.41, 5.74) is 0.321. The maximum Gasteiger partial charge on any atom is 0.310 e. The Morgan fingerprint density at radius 2 is 2.00 bits per heavy atom. The second kappa shape index (κ2) is 8.46. The van der Waals surface area contributed by atoms with Crippen LogP contribution in [0.1, 0.15) is 26.2 Å². The van der Waals surface area contributed by atoms with E-state index in [1.165, 1.54) is 39.2 Å². The van der Waals surface area contributed by atoms with Crippen molar-refractivity contribution in [2.75, 3.05) is 19.4 Å². The van der Waals surface area contributed by atoms with Crippen molar-refractivity contribution in [1.82, 2.24) is 4.31 Å². The SMILES string of the molecule is C[C@@H](OC(=O)[C@H]1CC=CCC1)C(=O)Nc1cccc(S(=O)(=O)N(C)C)c1. The van der Waals surface area contributed by atoms with Gasteiger partial charge in [-0.05, 0) is 44.4 Å². The zero-order valence-corrected chi connectivity index (χ0v) is 16.0. The number of hydrogen-bond acceptors (Lipinski definition) is 5. The number of nitrogens with zero attached hydrogens (tertiary/aromatic N) is 1. The first-order valence-corrected chi connectivity index (χ1v) is 9.84. The molecule has 2 rings (SSSR count). The number of rotatable bonds is 6. The van der Waals surface area contributed by atoms with E-state index >= 15 is 0 Å². The van der Waals surface area contributed by atoms with Crippen LogP contribution in [0.15, 0.2) is 41.3 Å². The predicted octanol–water partition coefficient (Wildman–Crippen LogP) is 2.16. The van der Waals surface area contributed by atoms with E-state index in [4.69, 9.17) is 4.74 Å². The highest BCUT2D eigenvalue weighted by molar-refractivity contribution is 7.89. The van der Waals surface area contributed by atoms with Crippen LogP contribution < -0.4 is 5.32 Å². The van der Waals surface area contributed by atoms with Crippen molar-refractivity contribution in [3.63, 3.8) is 0 Å². The van der Waals surface area contributed by atoms with Gasteiger partial charge in [-0.25, -0.2) is 12.7 Å². The van der Waals surface area contributed by atoms with Crippen molar-refractivity contribution in [2.24, 2.45) is 5.92 Å². The molecule has 1 aromatic carbocycles. The molecule has 0 saturated carbocycles. The Morgan fingerprint density at radius 1 is 1.27 bits per heavy atom. The topological polar surface area (TPSA) is 92.8 Å². The fraction of sp³-hybridized carbons (Fsp3) is 0.444. The summed E-state index contributed by atoms with van der Waals surface area (Å²) in [6.45, 7) is 1.49. The minimum absolute atomic E-state index is 0.0685. The minimum atomic E-state index is -3.60. The molecule has 1 aliphatic rings. The summed E-state index contributed by atoms with van der Waals surface area (Å²) in [6, 6.07) is 5.93. The van der Waals surface area contributed by atoms with E-state index in [0.717, 1.165) is 10.7 Å². The molecule has 0 aromatic heterocycles. The normalized spacial score (nSPS) is 18.4. The molecule has 0 aliphatic heterocycles. The molecule has 8 heteroatoms.